The fourth-order valence-electron chi connectivity index (χ4n) is 2.10. The smallest absolute Gasteiger partial charge is 0.193 e. The van der Waals surface area contributed by atoms with E-state index in [2.05, 4.69) is 10.3 Å². The first-order chi connectivity index (χ1) is 10.7. The Labute approximate surface area is 130 Å². The second-order valence-corrected chi connectivity index (χ2v) is 4.98. The quantitative estimate of drug-likeness (QED) is 0.490. The Bertz CT molecular complexity index is 613. The molecule has 0 radical (unpaired) electrons. The van der Waals surface area contributed by atoms with Gasteiger partial charge >= 0.3 is 0 Å². The van der Waals surface area contributed by atoms with Crippen LogP contribution in [0.3, 0.4) is 0 Å². The largest absolute Gasteiger partial charge is 0.372 e. The Morgan fingerprint density at radius 2 is 1.82 bits per heavy atom. The van der Waals surface area contributed by atoms with Crippen molar-refractivity contribution in [2.24, 2.45) is 10.7 Å². The summed E-state index contributed by atoms with van der Waals surface area (Å²) < 4.78 is 13.6. The van der Waals surface area contributed by atoms with E-state index in [0.717, 1.165) is 12.1 Å². The van der Waals surface area contributed by atoms with Gasteiger partial charge in [-0.15, -0.1) is 0 Å². The van der Waals surface area contributed by atoms with Gasteiger partial charge in [-0.2, -0.15) is 0 Å². The standard InChI is InChI=1S/C17H21FN4/c1-22(16-11-6-5-10-15(16)18)13-7-12-20-17(19)21-14-8-3-2-4-9-14/h2-6,8-11H,7,12-13H2,1H3,(H3,19,20,21). The minimum absolute atomic E-state index is 0.209. The summed E-state index contributed by atoms with van der Waals surface area (Å²) in [5, 5.41) is 3.02. The lowest BCUT2D eigenvalue weighted by Crippen LogP contribution is -2.24. The Morgan fingerprint density at radius 1 is 1.14 bits per heavy atom. The Hall–Kier alpha value is -2.56. The number of halogens is 1. The molecule has 0 bridgehead atoms. The van der Waals surface area contributed by atoms with E-state index in [-0.39, 0.29) is 5.82 Å². The van der Waals surface area contributed by atoms with Crippen molar-refractivity contribution in [3.05, 3.63) is 60.4 Å². The van der Waals surface area contributed by atoms with Gasteiger partial charge < -0.3 is 16.0 Å². The van der Waals surface area contributed by atoms with E-state index in [1.165, 1.54) is 6.07 Å². The second kappa shape index (κ2) is 8.02. The Morgan fingerprint density at radius 3 is 2.55 bits per heavy atom. The van der Waals surface area contributed by atoms with E-state index in [9.17, 15) is 4.39 Å². The summed E-state index contributed by atoms with van der Waals surface area (Å²) in [4.78, 5) is 6.15. The zero-order valence-electron chi connectivity index (χ0n) is 12.7. The van der Waals surface area contributed by atoms with Crippen molar-refractivity contribution in [3.63, 3.8) is 0 Å². The van der Waals surface area contributed by atoms with Crippen LogP contribution in [0.15, 0.2) is 59.6 Å². The maximum absolute atomic E-state index is 13.6. The van der Waals surface area contributed by atoms with Gasteiger partial charge in [-0.05, 0) is 30.7 Å². The van der Waals surface area contributed by atoms with Crippen LogP contribution < -0.4 is 16.0 Å². The SMILES string of the molecule is CN(CCCN=C(N)Nc1ccccc1)c1ccccc1F. The molecule has 0 aromatic heterocycles. The summed E-state index contributed by atoms with van der Waals surface area (Å²) in [6, 6.07) is 16.4. The molecule has 0 heterocycles. The molecule has 116 valence electrons. The van der Waals surface area contributed by atoms with E-state index in [4.69, 9.17) is 5.73 Å². The van der Waals surface area contributed by atoms with Crippen LogP contribution in [0, 0.1) is 5.82 Å². The number of nitrogens with zero attached hydrogens (tertiary/aromatic N) is 2. The number of para-hydroxylation sites is 2. The molecule has 0 atom stereocenters. The van der Waals surface area contributed by atoms with Gasteiger partial charge in [0.15, 0.2) is 5.96 Å². The first-order valence-corrected chi connectivity index (χ1v) is 7.24. The third kappa shape index (κ3) is 4.77. The molecule has 0 spiro atoms. The van der Waals surface area contributed by atoms with Gasteiger partial charge in [0.2, 0.25) is 0 Å². The summed E-state index contributed by atoms with van der Waals surface area (Å²) in [5.74, 6) is 0.179. The monoisotopic (exact) mass is 300 g/mol. The van der Waals surface area contributed by atoms with E-state index < -0.39 is 0 Å². The molecule has 5 heteroatoms. The van der Waals surface area contributed by atoms with Crippen LogP contribution in [0.1, 0.15) is 6.42 Å². The summed E-state index contributed by atoms with van der Waals surface area (Å²) in [6.45, 7) is 1.30. The lowest BCUT2D eigenvalue weighted by Gasteiger charge is -2.19. The zero-order chi connectivity index (χ0) is 15.8. The number of anilines is 2. The second-order valence-electron chi connectivity index (χ2n) is 4.98. The van der Waals surface area contributed by atoms with Crippen molar-refractivity contribution in [1.29, 1.82) is 0 Å². The van der Waals surface area contributed by atoms with Crippen molar-refractivity contribution >= 4 is 17.3 Å². The van der Waals surface area contributed by atoms with Crippen LogP contribution in [-0.4, -0.2) is 26.1 Å². The van der Waals surface area contributed by atoms with Crippen molar-refractivity contribution in [3.8, 4) is 0 Å². The average Bonchev–Trinajstić information content (AvgIpc) is 2.53. The van der Waals surface area contributed by atoms with E-state index in [1.54, 1.807) is 12.1 Å². The lowest BCUT2D eigenvalue weighted by atomic mass is 10.2. The summed E-state index contributed by atoms with van der Waals surface area (Å²) in [7, 11) is 1.87. The number of benzene rings is 2. The Kier molecular flexibility index (Phi) is 5.77. The maximum atomic E-state index is 13.6. The number of hydrogen-bond donors (Lipinski definition) is 2. The van der Waals surface area contributed by atoms with Crippen LogP contribution in [0.2, 0.25) is 0 Å². The molecule has 0 aliphatic heterocycles. The lowest BCUT2D eigenvalue weighted by molar-refractivity contribution is 0.620. The molecule has 22 heavy (non-hydrogen) atoms. The maximum Gasteiger partial charge on any atom is 0.193 e. The minimum atomic E-state index is -0.209. The zero-order valence-corrected chi connectivity index (χ0v) is 12.7. The number of rotatable bonds is 6. The number of hydrogen-bond acceptors (Lipinski definition) is 2. The number of nitrogens with two attached hydrogens (primary N) is 1. The number of nitrogens with one attached hydrogen (secondary N) is 1. The average molecular weight is 300 g/mol. The summed E-state index contributed by atoms with van der Waals surface area (Å²) >= 11 is 0. The predicted molar refractivity (Wildman–Crippen MR) is 90.8 cm³/mol. The molecular weight excluding hydrogens is 279 g/mol. The van der Waals surface area contributed by atoms with Crippen molar-refractivity contribution in [2.75, 3.05) is 30.4 Å². The highest BCUT2D eigenvalue weighted by Crippen LogP contribution is 2.16. The van der Waals surface area contributed by atoms with E-state index in [1.807, 2.05) is 48.3 Å². The van der Waals surface area contributed by atoms with Crippen LogP contribution >= 0.6 is 0 Å². The fourth-order valence-corrected chi connectivity index (χ4v) is 2.10. The normalized spacial score (nSPS) is 11.3. The van der Waals surface area contributed by atoms with Crippen LogP contribution in [0.25, 0.3) is 0 Å². The molecule has 3 N–H and O–H groups in total. The van der Waals surface area contributed by atoms with Gasteiger partial charge in [0.05, 0.1) is 5.69 Å². The first-order valence-electron chi connectivity index (χ1n) is 7.24. The van der Waals surface area contributed by atoms with Crippen LogP contribution in [-0.2, 0) is 0 Å². The van der Waals surface area contributed by atoms with Gasteiger partial charge in [-0.3, -0.25) is 4.99 Å². The molecule has 0 amide bonds. The highest BCUT2D eigenvalue weighted by atomic mass is 19.1. The molecular formula is C17H21FN4. The minimum Gasteiger partial charge on any atom is -0.372 e. The third-order valence-electron chi connectivity index (χ3n) is 3.24. The molecule has 2 aromatic rings. The summed E-state index contributed by atoms with van der Waals surface area (Å²) in [5.41, 5.74) is 7.33. The molecule has 0 unspecified atom stereocenters. The molecule has 0 fully saturated rings. The van der Waals surface area contributed by atoms with Gasteiger partial charge in [0.25, 0.3) is 0 Å². The fraction of sp³-hybridized carbons (Fsp3) is 0.235. The highest BCUT2D eigenvalue weighted by Gasteiger charge is 2.05. The van der Waals surface area contributed by atoms with Gasteiger partial charge in [-0.25, -0.2) is 4.39 Å². The van der Waals surface area contributed by atoms with Crippen LogP contribution in [0.4, 0.5) is 15.8 Å². The molecule has 2 aromatic carbocycles. The molecule has 4 nitrogen and oxygen atoms in total. The van der Waals surface area contributed by atoms with Gasteiger partial charge in [-0.1, -0.05) is 30.3 Å². The number of guanidine groups is 1. The Balaban J connectivity index is 1.76. The number of aliphatic imine (C=N–C) groups is 1. The van der Waals surface area contributed by atoms with Crippen molar-refractivity contribution in [1.82, 2.24) is 0 Å². The third-order valence-corrected chi connectivity index (χ3v) is 3.24. The topological polar surface area (TPSA) is 53.6 Å². The predicted octanol–water partition coefficient (Wildman–Crippen LogP) is 3.08. The molecule has 0 aliphatic rings. The van der Waals surface area contributed by atoms with Gasteiger partial charge in [0.1, 0.15) is 5.82 Å². The van der Waals surface area contributed by atoms with Gasteiger partial charge in [0, 0.05) is 25.8 Å². The van der Waals surface area contributed by atoms with E-state index in [0.29, 0.717) is 24.7 Å². The molecule has 0 saturated carbocycles. The summed E-state index contributed by atoms with van der Waals surface area (Å²) in [6.07, 6.45) is 0.794. The molecule has 0 saturated heterocycles. The van der Waals surface area contributed by atoms with Crippen LogP contribution in [0.5, 0.6) is 0 Å². The highest BCUT2D eigenvalue weighted by molar-refractivity contribution is 5.92. The first kappa shape index (κ1) is 15.8. The molecule has 2 rings (SSSR count). The van der Waals surface area contributed by atoms with Crippen molar-refractivity contribution < 1.29 is 4.39 Å². The van der Waals surface area contributed by atoms with E-state index >= 15 is 0 Å². The van der Waals surface area contributed by atoms with Crippen molar-refractivity contribution in [2.45, 2.75) is 6.42 Å². The molecule has 0 aliphatic carbocycles.